The van der Waals surface area contributed by atoms with Crippen molar-refractivity contribution in [2.45, 2.75) is 64.9 Å². The first-order valence-electron chi connectivity index (χ1n) is 10.3. The van der Waals surface area contributed by atoms with Crippen molar-refractivity contribution in [2.75, 3.05) is 53.2 Å². The molecule has 0 aliphatic heterocycles. The zero-order valence-corrected chi connectivity index (χ0v) is 20.3. The van der Waals surface area contributed by atoms with Crippen molar-refractivity contribution in [1.29, 1.82) is 0 Å². The Kier molecular flexibility index (Phi) is 16.1. The summed E-state index contributed by atoms with van der Waals surface area (Å²) in [4.78, 5) is 0. The molecule has 0 radical (unpaired) electrons. The summed E-state index contributed by atoms with van der Waals surface area (Å²) < 4.78 is 28.6. The number of ether oxygens (including phenoxy) is 1. The van der Waals surface area contributed by atoms with Gasteiger partial charge in [-0.05, 0) is 59.3 Å². The van der Waals surface area contributed by atoms with Crippen LogP contribution in [0.5, 0.6) is 0 Å². The molecule has 0 saturated heterocycles. The van der Waals surface area contributed by atoms with Gasteiger partial charge in [0.25, 0.3) is 0 Å². The molecule has 1 atom stereocenters. The predicted molar refractivity (Wildman–Crippen MR) is 114 cm³/mol. The van der Waals surface area contributed by atoms with Gasteiger partial charge in [-0.2, -0.15) is 0 Å². The van der Waals surface area contributed by atoms with E-state index in [1.807, 2.05) is 20.8 Å². The molecule has 0 aliphatic rings. The Bertz CT molecular complexity index is 333. The molecule has 164 valence electrons. The first-order chi connectivity index (χ1) is 12.8. The van der Waals surface area contributed by atoms with Crippen LogP contribution in [-0.2, 0) is 22.4 Å². The molecule has 1 unspecified atom stereocenters. The van der Waals surface area contributed by atoms with E-state index in [2.05, 4.69) is 18.4 Å². The largest absolute Gasteiger partial charge is 0.500 e. The number of nitrogens with one attached hydrogen (secondary N) is 1. The van der Waals surface area contributed by atoms with Gasteiger partial charge in [-0.3, -0.25) is 0 Å². The molecule has 9 heteroatoms. The summed E-state index contributed by atoms with van der Waals surface area (Å²) >= 11 is 0. The zero-order valence-electron chi connectivity index (χ0n) is 18.3. The first kappa shape index (κ1) is 27.2. The second-order valence-corrected chi connectivity index (χ2v) is 14.2. The topological polar surface area (TPSA) is 78.4 Å². The molecule has 27 heavy (non-hydrogen) atoms. The van der Waals surface area contributed by atoms with Crippen LogP contribution in [0.15, 0.2) is 0 Å². The van der Waals surface area contributed by atoms with Gasteiger partial charge in [0.05, 0.1) is 12.7 Å². The molecule has 2 N–H and O–H groups in total. The first-order valence-corrected chi connectivity index (χ1v) is 15.3. The zero-order chi connectivity index (χ0) is 20.6. The molecule has 0 bridgehead atoms. The van der Waals surface area contributed by atoms with Crippen LogP contribution >= 0.6 is 0 Å². The van der Waals surface area contributed by atoms with E-state index >= 15 is 0 Å². The fourth-order valence-corrected chi connectivity index (χ4v) is 6.49. The lowest BCUT2D eigenvalue weighted by molar-refractivity contribution is 0.0370. The highest BCUT2D eigenvalue weighted by Gasteiger charge is 2.39. The van der Waals surface area contributed by atoms with Crippen molar-refractivity contribution >= 4 is 17.1 Å². The lowest BCUT2D eigenvalue weighted by Crippen LogP contribution is -2.46. The fourth-order valence-electron chi connectivity index (χ4n) is 2.68. The second kappa shape index (κ2) is 16.0. The standard InChI is InChI=1S/C18H43NO6Si2/c1-7-23-27(24-8-2,25-9-3)15-10-12-19-16-18(20)17-22-13-11-14-26(5,6)21-4/h18-20H,7-17H2,1-6H3. The molecule has 0 aromatic rings. The van der Waals surface area contributed by atoms with Gasteiger partial charge < -0.3 is 32.9 Å². The lowest BCUT2D eigenvalue weighted by Gasteiger charge is -2.28. The van der Waals surface area contributed by atoms with Crippen LogP contribution in [0.25, 0.3) is 0 Å². The maximum absolute atomic E-state index is 10.00. The van der Waals surface area contributed by atoms with E-state index in [-0.39, 0.29) is 0 Å². The third-order valence-electron chi connectivity index (χ3n) is 4.24. The van der Waals surface area contributed by atoms with Gasteiger partial charge in [-0.15, -0.1) is 0 Å². The normalized spacial score (nSPS) is 13.9. The molecule has 0 aliphatic carbocycles. The van der Waals surface area contributed by atoms with E-state index in [0.29, 0.717) is 39.6 Å². The van der Waals surface area contributed by atoms with Gasteiger partial charge >= 0.3 is 8.80 Å². The molecular formula is C18H43NO6Si2. The molecule has 0 heterocycles. The highest BCUT2D eigenvalue weighted by Crippen LogP contribution is 2.17. The van der Waals surface area contributed by atoms with E-state index in [1.54, 1.807) is 7.11 Å². The molecule has 0 rings (SSSR count). The van der Waals surface area contributed by atoms with Crippen molar-refractivity contribution < 1.29 is 27.5 Å². The summed E-state index contributed by atoms with van der Waals surface area (Å²) in [7, 11) is -2.27. The number of hydrogen-bond acceptors (Lipinski definition) is 7. The Balaban J connectivity index is 3.86. The Morgan fingerprint density at radius 3 is 2.04 bits per heavy atom. The third-order valence-corrected chi connectivity index (χ3v) is 10.1. The van der Waals surface area contributed by atoms with Crippen molar-refractivity contribution in [2.24, 2.45) is 0 Å². The molecule has 0 aromatic heterocycles. The van der Waals surface area contributed by atoms with Crippen LogP contribution in [0.1, 0.15) is 33.6 Å². The van der Waals surface area contributed by atoms with Crippen LogP contribution in [0.4, 0.5) is 0 Å². The van der Waals surface area contributed by atoms with Gasteiger partial charge in [0.1, 0.15) is 0 Å². The Morgan fingerprint density at radius 1 is 0.926 bits per heavy atom. The number of rotatable bonds is 19. The average Bonchev–Trinajstić information content (AvgIpc) is 2.62. The Morgan fingerprint density at radius 2 is 1.52 bits per heavy atom. The fraction of sp³-hybridized carbons (Fsp3) is 1.00. The molecule has 7 nitrogen and oxygen atoms in total. The summed E-state index contributed by atoms with van der Waals surface area (Å²) in [6, 6.07) is 1.85. The smallest absolute Gasteiger partial charge is 0.420 e. The van der Waals surface area contributed by atoms with E-state index in [9.17, 15) is 5.11 Å². The summed E-state index contributed by atoms with van der Waals surface area (Å²) in [6.45, 7) is 14.4. The van der Waals surface area contributed by atoms with Gasteiger partial charge in [-0.25, -0.2) is 0 Å². The minimum atomic E-state index is -2.56. The molecule has 0 aromatic carbocycles. The second-order valence-electron chi connectivity index (χ2n) is 7.09. The van der Waals surface area contributed by atoms with Crippen LogP contribution in [0.3, 0.4) is 0 Å². The average molecular weight is 426 g/mol. The number of aliphatic hydroxyl groups is 1. The van der Waals surface area contributed by atoms with E-state index in [0.717, 1.165) is 31.5 Å². The van der Waals surface area contributed by atoms with Crippen molar-refractivity contribution in [1.82, 2.24) is 5.32 Å². The minimum Gasteiger partial charge on any atom is -0.420 e. The third kappa shape index (κ3) is 13.9. The Hall–Kier alpha value is 0.154. The van der Waals surface area contributed by atoms with E-state index < -0.39 is 23.2 Å². The number of aliphatic hydroxyl groups excluding tert-OH is 1. The summed E-state index contributed by atoms with van der Waals surface area (Å²) in [5, 5.41) is 13.3. The quantitative estimate of drug-likeness (QED) is 0.243. The van der Waals surface area contributed by atoms with Gasteiger partial charge in [0, 0.05) is 46.1 Å². The molecular weight excluding hydrogens is 382 g/mol. The van der Waals surface area contributed by atoms with Crippen molar-refractivity contribution in [3.05, 3.63) is 0 Å². The van der Waals surface area contributed by atoms with E-state index in [4.69, 9.17) is 22.4 Å². The minimum absolute atomic E-state index is 0.359. The Labute approximate surface area is 168 Å². The highest BCUT2D eigenvalue weighted by atomic mass is 28.4. The van der Waals surface area contributed by atoms with E-state index in [1.165, 1.54) is 0 Å². The molecule has 0 spiro atoms. The summed E-state index contributed by atoms with van der Waals surface area (Å²) in [5.74, 6) is 0. The highest BCUT2D eigenvalue weighted by molar-refractivity contribution is 6.71. The van der Waals surface area contributed by atoms with Crippen LogP contribution in [0.2, 0.25) is 25.2 Å². The maximum atomic E-state index is 10.00. The lowest BCUT2D eigenvalue weighted by atomic mass is 10.3. The SMILES string of the molecule is CCO[Si](CCCNCC(O)COCCC[Si](C)(C)OC)(OCC)OCC. The van der Waals surface area contributed by atoms with Crippen LogP contribution in [-0.4, -0.2) is 81.6 Å². The maximum Gasteiger partial charge on any atom is 0.500 e. The van der Waals surface area contributed by atoms with Gasteiger partial charge in [0.15, 0.2) is 8.32 Å². The van der Waals surface area contributed by atoms with Gasteiger partial charge in [0.2, 0.25) is 0 Å². The monoisotopic (exact) mass is 425 g/mol. The molecule has 0 fully saturated rings. The van der Waals surface area contributed by atoms with Crippen molar-refractivity contribution in [3.63, 3.8) is 0 Å². The molecule has 0 amide bonds. The van der Waals surface area contributed by atoms with Gasteiger partial charge in [-0.1, -0.05) is 0 Å². The van der Waals surface area contributed by atoms with Crippen LogP contribution in [0, 0.1) is 0 Å². The van der Waals surface area contributed by atoms with Crippen LogP contribution < -0.4 is 5.32 Å². The number of hydrogen-bond donors (Lipinski definition) is 2. The summed E-state index contributed by atoms with van der Waals surface area (Å²) in [6.07, 6.45) is 1.37. The molecule has 0 saturated carbocycles. The summed E-state index contributed by atoms with van der Waals surface area (Å²) in [5.41, 5.74) is 0. The van der Waals surface area contributed by atoms with Crippen molar-refractivity contribution in [3.8, 4) is 0 Å². The predicted octanol–water partition coefficient (Wildman–Crippen LogP) is 2.63.